The summed E-state index contributed by atoms with van der Waals surface area (Å²) in [6, 6.07) is 4.95. The van der Waals surface area contributed by atoms with Gasteiger partial charge < -0.3 is 33.9 Å². The fraction of sp³-hybridized carbons (Fsp3) is 0.167. The van der Waals surface area contributed by atoms with Crippen molar-refractivity contribution in [2.24, 2.45) is 0 Å². The number of ether oxygens (including phenoxy) is 3. The van der Waals surface area contributed by atoms with Crippen LogP contribution in [0.1, 0.15) is 0 Å². The van der Waals surface area contributed by atoms with Gasteiger partial charge in [0, 0.05) is 12.1 Å². The summed E-state index contributed by atoms with van der Waals surface area (Å²) in [5.74, 6) is -0.818. The zero-order valence-corrected chi connectivity index (χ0v) is 14.2. The van der Waals surface area contributed by atoms with Crippen molar-refractivity contribution in [1.29, 1.82) is 0 Å². The summed E-state index contributed by atoms with van der Waals surface area (Å²) in [7, 11) is 4.01. The van der Waals surface area contributed by atoms with Crippen LogP contribution >= 0.6 is 0 Å². The van der Waals surface area contributed by atoms with Gasteiger partial charge in [-0.15, -0.1) is 0 Å². The highest BCUT2D eigenvalue weighted by Gasteiger charge is 2.26. The van der Waals surface area contributed by atoms with E-state index in [1.165, 1.54) is 33.5 Å². The fourth-order valence-corrected chi connectivity index (χ4v) is 2.73. The topological polar surface area (TPSA) is 119 Å². The Balaban J connectivity index is 2.43. The normalized spacial score (nSPS) is 10.7. The number of hydrogen-bond acceptors (Lipinski definition) is 8. The Morgan fingerprint density at radius 1 is 0.885 bits per heavy atom. The predicted octanol–water partition coefficient (Wildman–Crippen LogP) is 2.60. The molecule has 0 aliphatic rings. The van der Waals surface area contributed by atoms with Crippen molar-refractivity contribution in [2.45, 2.75) is 0 Å². The van der Waals surface area contributed by atoms with E-state index in [1.54, 1.807) is 0 Å². The van der Waals surface area contributed by atoms with Gasteiger partial charge in [-0.25, -0.2) is 0 Å². The van der Waals surface area contributed by atoms with Crippen LogP contribution in [0.4, 0.5) is 0 Å². The van der Waals surface area contributed by atoms with E-state index < -0.39 is 11.2 Å². The van der Waals surface area contributed by atoms with E-state index in [9.17, 15) is 20.1 Å². The quantitative estimate of drug-likeness (QED) is 0.650. The smallest absolute Gasteiger partial charge is 0.211 e. The van der Waals surface area contributed by atoms with Crippen molar-refractivity contribution in [3.63, 3.8) is 0 Å². The molecule has 1 aromatic heterocycles. The van der Waals surface area contributed by atoms with Gasteiger partial charge >= 0.3 is 0 Å². The molecule has 0 atom stereocenters. The van der Waals surface area contributed by atoms with Crippen molar-refractivity contribution in [2.75, 3.05) is 21.3 Å². The van der Waals surface area contributed by atoms with E-state index in [4.69, 9.17) is 18.6 Å². The third-order valence-corrected chi connectivity index (χ3v) is 3.88. The van der Waals surface area contributed by atoms with E-state index in [0.717, 1.165) is 12.1 Å². The first kappa shape index (κ1) is 17.3. The molecule has 0 aliphatic heterocycles. The molecule has 3 rings (SSSR count). The van der Waals surface area contributed by atoms with Crippen LogP contribution in [0.3, 0.4) is 0 Å². The number of hydrogen-bond donors (Lipinski definition) is 3. The molecule has 8 heteroatoms. The minimum atomic E-state index is -0.578. The molecular weight excluding hydrogens is 344 g/mol. The second-order valence-corrected chi connectivity index (χ2v) is 5.33. The van der Waals surface area contributed by atoms with Crippen molar-refractivity contribution in [1.82, 2.24) is 0 Å². The minimum absolute atomic E-state index is 0.0184. The summed E-state index contributed by atoms with van der Waals surface area (Å²) in [5, 5.41) is 29.7. The van der Waals surface area contributed by atoms with Crippen LogP contribution in [0.5, 0.6) is 34.5 Å². The number of phenolic OH excluding ortho intramolecular Hbond substituents is 3. The van der Waals surface area contributed by atoms with Crippen molar-refractivity contribution >= 4 is 11.0 Å². The van der Waals surface area contributed by atoms with Gasteiger partial charge in [-0.05, 0) is 12.1 Å². The molecule has 0 radical (unpaired) electrons. The molecule has 2 aromatic carbocycles. The maximum absolute atomic E-state index is 12.6. The monoisotopic (exact) mass is 360 g/mol. The van der Waals surface area contributed by atoms with Crippen LogP contribution in [0.2, 0.25) is 0 Å². The largest absolute Gasteiger partial charge is 0.508 e. The first-order valence-corrected chi connectivity index (χ1v) is 7.44. The highest BCUT2D eigenvalue weighted by Crippen LogP contribution is 2.50. The number of phenols is 3. The molecule has 0 fully saturated rings. The molecule has 8 nitrogen and oxygen atoms in total. The summed E-state index contributed by atoms with van der Waals surface area (Å²) in [5.41, 5.74) is -0.471. The number of aromatic hydroxyl groups is 3. The molecule has 26 heavy (non-hydrogen) atoms. The number of rotatable bonds is 4. The van der Waals surface area contributed by atoms with Crippen LogP contribution in [0.25, 0.3) is 22.3 Å². The Bertz CT molecular complexity index is 1050. The maximum atomic E-state index is 12.6. The second-order valence-electron chi connectivity index (χ2n) is 5.33. The van der Waals surface area contributed by atoms with Crippen molar-refractivity contribution < 1.29 is 33.9 Å². The molecule has 0 unspecified atom stereocenters. The van der Waals surface area contributed by atoms with E-state index in [0.29, 0.717) is 0 Å². The molecule has 3 aromatic rings. The third-order valence-electron chi connectivity index (χ3n) is 3.88. The van der Waals surface area contributed by atoms with Crippen LogP contribution in [-0.2, 0) is 0 Å². The molecule has 3 N–H and O–H groups in total. The van der Waals surface area contributed by atoms with Gasteiger partial charge in [0.2, 0.25) is 17.2 Å². The van der Waals surface area contributed by atoms with Gasteiger partial charge in [0.05, 0.1) is 26.9 Å². The molecule has 1 heterocycles. The van der Waals surface area contributed by atoms with E-state index in [1.807, 2.05) is 0 Å². The molecule has 0 bridgehead atoms. The third kappa shape index (κ3) is 2.52. The summed E-state index contributed by atoms with van der Waals surface area (Å²) >= 11 is 0. The first-order chi connectivity index (χ1) is 12.4. The van der Waals surface area contributed by atoms with E-state index in [-0.39, 0.29) is 51.0 Å². The molecule has 0 saturated heterocycles. The van der Waals surface area contributed by atoms with Crippen LogP contribution in [-0.4, -0.2) is 36.6 Å². The Morgan fingerprint density at radius 2 is 1.54 bits per heavy atom. The zero-order valence-electron chi connectivity index (χ0n) is 14.2. The summed E-state index contributed by atoms with van der Waals surface area (Å²) in [6.45, 7) is 0. The Labute approximate surface area is 147 Å². The zero-order chi connectivity index (χ0) is 19.0. The number of methoxy groups -OCH3 is 3. The van der Waals surface area contributed by atoms with E-state index >= 15 is 0 Å². The standard InChI is InChI=1S/C18H16O8/c1-23-16-14(22)13-11(21)7-12(9-5-4-8(19)6-10(9)20)26-15(13)17(24-2)18(16)25-3/h4-7,19-20,22H,1-3H3. The lowest BCUT2D eigenvalue weighted by molar-refractivity contribution is 0.311. The summed E-state index contributed by atoms with van der Waals surface area (Å²) < 4.78 is 21.4. The van der Waals surface area contributed by atoms with Gasteiger partial charge in [-0.2, -0.15) is 0 Å². The number of fused-ring (bicyclic) bond motifs is 1. The average molecular weight is 360 g/mol. The summed E-state index contributed by atoms with van der Waals surface area (Å²) in [4.78, 5) is 12.6. The second kappa shape index (κ2) is 6.40. The van der Waals surface area contributed by atoms with Gasteiger partial charge in [-0.3, -0.25) is 4.79 Å². The maximum Gasteiger partial charge on any atom is 0.211 e. The van der Waals surface area contributed by atoms with Crippen LogP contribution in [0, 0.1) is 0 Å². The molecule has 0 amide bonds. The van der Waals surface area contributed by atoms with Crippen LogP contribution in [0.15, 0.2) is 33.5 Å². The molecule has 0 spiro atoms. The summed E-state index contributed by atoms with van der Waals surface area (Å²) in [6.07, 6.45) is 0. The number of benzene rings is 2. The Morgan fingerprint density at radius 3 is 2.12 bits per heavy atom. The highest BCUT2D eigenvalue weighted by molar-refractivity contribution is 5.95. The lowest BCUT2D eigenvalue weighted by Crippen LogP contribution is -2.05. The van der Waals surface area contributed by atoms with Crippen LogP contribution < -0.4 is 19.6 Å². The minimum Gasteiger partial charge on any atom is -0.508 e. The van der Waals surface area contributed by atoms with Crippen molar-refractivity contribution in [3.8, 4) is 45.8 Å². The fourth-order valence-electron chi connectivity index (χ4n) is 2.73. The molecule has 0 saturated carbocycles. The Hall–Kier alpha value is -3.55. The average Bonchev–Trinajstić information content (AvgIpc) is 2.60. The van der Waals surface area contributed by atoms with Gasteiger partial charge in [0.25, 0.3) is 0 Å². The van der Waals surface area contributed by atoms with Crippen molar-refractivity contribution in [3.05, 3.63) is 34.5 Å². The molecular formula is C18H16O8. The van der Waals surface area contributed by atoms with E-state index in [2.05, 4.69) is 0 Å². The lowest BCUT2D eigenvalue weighted by Gasteiger charge is -2.16. The highest BCUT2D eigenvalue weighted by atomic mass is 16.5. The SMILES string of the molecule is COc1c(OC)c(O)c2c(=O)cc(-c3ccc(O)cc3O)oc2c1OC. The van der Waals surface area contributed by atoms with Gasteiger partial charge in [0.1, 0.15) is 22.6 Å². The Kier molecular flexibility index (Phi) is 4.25. The lowest BCUT2D eigenvalue weighted by atomic mass is 10.1. The molecule has 136 valence electrons. The van der Waals surface area contributed by atoms with Gasteiger partial charge in [-0.1, -0.05) is 0 Å². The molecule has 0 aliphatic carbocycles. The first-order valence-electron chi connectivity index (χ1n) is 7.44. The predicted molar refractivity (Wildman–Crippen MR) is 92.6 cm³/mol. The van der Waals surface area contributed by atoms with Gasteiger partial charge in [0.15, 0.2) is 16.8 Å².